The van der Waals surface area contributed by atoms with Crippen LogP contribution in [-0.4, -0.2) is 17.0 Å². The van der Waals surface area contributed by atoms with Crippen molar-refractivity contribution in [1.29, 1.82) is 0 Å². The van der Waals surface area contributed by atoms with E-state index in [0.29, 0.717) is 5.69 Å². The Kier molecular flexibility index (Phi) is 4.69. The summed E-state index contributed by atoms with van der Waals surface area (Å²) in [6, 6.07) is 4.84. The van der Waals surface area contributed by atoms with Crippen LogP contribution in [-0.2, 0) is 11.2 Å². The normalized spacial score (nSPS) is 10.0. The Labute approximate surface area is 101 Å². The molecule has 1 rings (SSSR count). The van der Waals surface area contributed by atoms with Gasteiger partial charge in [-0.3, -0.25) is 4.79 Å². The summed E-state index contributed by atoms with van der Waals surface area (Å²) in [5, 5.41) is 11.6. The molecule has 92 valence electrons. The van der Waals surface area contributed by atoms with E-state index in [9.17, 15) is 9.59 Å². The Morgan fingerprint density at radius 3 is 2.59 bits per heavy atom. The average molecular weight is 235 g/mol. The maximum absolute atomic E-state index is 11.1. The number of carbonyl (C=O) groups excluding carboxylic acids is 1. The molecule has 0 atom stereocenters. The Morgan fingerprint density at radius 2 is 2.06 bits per heavy atom. The highest BCUT2D eigenvalue weighted by molar-refractivity contribution is 5.93. The first-order valence-corrected chi connectivity index (χ1v) is 5.68. The minimum atomic E-state index is -0.987. The molecule has 0 aromatic heterocycles. The zero-order chi connectivity index (χ0) is 12.8. The summed E-state index contributed by atoms with van der Waals surface area (Å²) in [5.74, 6) is -1.18. The van der Waals surface area contributed by atoms with Gasteiger partial charge in [-0.25, -0.2) is 4.79 Å². The highest BCUT2D eigenvalue weighted by atomic mass is 16.4. The highest BCUT2D eigenvalue weighted by Gasteiger charge is 2.09. The summed E-state index contributed by atoms with van der Waals surface area (Å²) in [4.78, 5) is 21.9. The second-order valence-corrected chi connectivity index (χ2v) is 3.96. The SMILES string of the molecule is CCCCc1ccc(C(=O)O)cc1NC(C)=O. The maximum Gasteiger partial charge on any atom is 0.335 e. The van der Waals surface area contributed by atoms with Gasteiger partial charge in [0.1, 0.15) is 0 Å². The van der Waals surface area contributed by atoms with Crippen LogP contribution in [0.2, 0.25) is 0 Å². The molecule has 4 heteroatoms. The lowest BCUT2D eigenvalue weighted by Gasteiger charge is -2.10. The summed E-state index contributed by atoms with van der Waals surface area (Å²) in [6.45, 7) is 3.50. The minimum Gasteiger partial charge on any atom is -0.478 e. The number of benzene rings is 1. The fourth-order valence-corrected chi connectivity index (χ4v) is 1.60. The molecular weight excluding hydrogens is 218 g/mol. The van der Waals surface area contributed by atoms with Crippen molar-refractivity contribution in [1.82, 2.24) is 0 Å². The zero-order valence-corrected chi connectivity index (χ0v) is 10.1. The number of carbonyl (C=O) groups is 2. The van der Waals surface area contributed by atoms with Crippen molar-refractivity contribution in [3.05, 3.63) is 29.3 Å². The van der Waals surface area contributed by atoms with E-state index in [0.717, 1.165) is 24.8 Å². The molecule has 0 heterocycles. The lowest BCUT2D eigenvalue weighted by atomic mass is 10.0. The van der Waals surface area contributed by atoms with E-state index in [1.54, 1.807) is 12.1 Å². The van der Waals surface area contributed by atoms with Gasteiger partial charge in [0.05, 0.1) is 5.56 Å². The standard InChI is InChI=1S/C13H17NO3/c1-3-4-5-10-6-7-11(13(16)17)8-12(10)14-9(2)15/h6-8H,3-5H2,1-2H3,(H,14,15)(H,16,17). The summed E-state index contributed by atoms with van der Waals surface area (Å²) in [6.07, 6.45) is 2.91. The van der Waals surface area contributed by atoms with Gasteiger partial charge in [0, 0.05) is 12.6 Å². The topological polar surface area (TPSA) is 66.4 Å². The first-order chi connectivity index (χ1) is 8.04. The number of rotatable bonds is 5. The van der Waals surface area contributed by atoms with Gasteiger partial charge in [-0.15, -0.1) is 0 Å². The van der Waals surface area contributed by atoms with Crippen LogP contribution in [0.1, 0.15) is 42.6 Å². The number of anilines is 1. The van der Waals surface area contributed by atoms with Gasteiger partial charge < -0.3 is 10.4 Å². The predicted octanol–water partition coefficient (Wildman–Crippen LogP) is 2.69. The molecule has 1 aromatic carbocycles. The van der Waals surface area contributed by atoms with Crippen molar-refractivity contribution in [2.24, 2.45) is 0 Å². The smallest absolute Gasteiger partial charge is 0.335 e. The predicted molar refractivity (Wildman–Crippen MR) is 66.3 cm³/mol. The van der Waals surface area contributed by atoms with Crippen LogP contribution < -0.4 is 5.32 Å². The number of amides is 1. The molecule has 0 saturated carbocycles. The molecule has 0 fully saturated rings. The van der Waals surface area contributed by atoms with Crippen molar-refractivity contribution in [3.63, 3.8) is 0 Å². The highest BCUT2D eigenvalue weighted by Crippen LogP contribution is 2.20. The van der Waals surface area contributed by atoms with Crippen LogP contribution in [0.3, 0.4) is 0 Å². The molecule has 1 amide bonds. The zero-order valence-electron chi connectivity index (χ0n) is 10.1. The van der Waals surface area contributed by atoms with Gasteiger partial charge in [0.2, 0.25) is 5.91 Å². The molecular formula is C13H17NO3. The van der Waals surface area contributed by atoms with Gasteiger partial charge >= 0.3 is 5.97 Å². The number of hydrogen-bond donors (Lipinski definition) is 2. The first kappa shape index (κ1) is 13.2. The number of unbranched alkanes of at least 4 members (excludes halogenated alkanes) is 1. The molecule has 17 heavy (non-hydrogen) atoms. The van der Waals surface area contributed by atoms with Crippen LogP contribution in [0, 0.1) is 0 Å². The fraction of sp³-hybridized carbons (Fsp3) is 0.385. The molecule has 2 N–H and O–H groups in total. The lowest BCUT2D eigenvalue weighted by molar-refractivity contribution is -0.114. The van der Waals surface area contributed by atoms with E-state index in [1.807, 2.05) is 0 Å². The Hall–Kier alpha value is -1.84. The van der Waals surface area contributed by atoms with Crippen molar-refractivity contribution in [3.8, 4) is 0 Å². The number of carboxylic acid groups (broad SMARTS) is 1. The maximum atomic E-state index is 11.1. The van der Waals surface area contributed by atoms with Crippen molar-refractivity contribution in [2.45, 2.75) is 33.1 Å². The second kappa shape index (κ2) is 6.03. The van der Waals surface area contributed by atoms with E-state index in [1.165, 1.54) is 13.0 Å². The quantitative estimate of drug-likeness (QED) is 0.824. The van der Waals surface area contributed by atoms with E-state index < -0.39 is 5.97 Å². The largest absolute Gasteiger partial charge is 0.478 e. The van der Waals surface area contributed by atoms with Crippen LogP contribution in [0.15, 0.2) is 18.2 Å². The van der Waals surface area contributed by atoms with Gasteiger partial charge in [-0.1, -0.05) is 19.4 Å². The average Bonchev–Trinajstić information content (AvgIpc) is 2.26. The van der Waals surface area contributed by atoms with Crippen molar-refractivity contribution < 1.29 is 14.7 Å². The number of hydrogen-bond acceptors (Lipinski definition) is 2. The van der Waals surface area contributed by atoms with Crippen molar-refractivity contribution in [2.75, 3.05) is 5.32 Å². The molecule has 0 saturated heterocycles. The lowest BCUT2D eigenvalue weighted by Crippen LogP contribution is -2.09. The van der Waals surface area contributed by atoms with Crippen molar-refractivity contribution >= 4 is 17.6 Å². The minimum absolute atomic E-state index is 0.189. The number of carboxylic acids is 1. The van der Waals surface area contributed by atoms with E-state index in [2.05, 4.69) is 12.2 Å². The van der Waals surface area contributed by atoms with Crippen LogP contribution in [0.25, 0.3) is 0 Å². The molecule has 0 unspecified atom stereocenters. The van der Waals surface area contributed by atoms with Gasteiger partial charge in [0.25, 0.3) is 0 Å². The van der Waals surface area contributed by atoms with Gasteiger partial charge in [-0.2, -0.15) is 0 Å². The molecule has 0 bridgehead atoms. The second-order valence-electron chi connectivity index (χ2n) is 3.96. The molecule has 0 spiro atoms. The van der Waals surface area contributed by atoms with E-state index >= 15 is 0 Å². The number of aryl methyl sites for hydroxylation is 1. The summed E-state index contributed by atoms with van der Waals surface area (Å²) in [7, 11) is 0. The van der Waals surface area contributed by atoms with Gasteiger partial charge in [0.15, 0.2) is 0 Å². The molecule has 1 aromatic rings. The Balaban J connectivity index is 3.02. The van der Waals surface area contributed by atoms with E-state index in [4.69, 9.17) is 5.11 Å². The summed E-state index contributed by atoms with van der Waals surface area (Å²) in [5.41, 5.74) is 1.77. The number of nitrogens with one attached hydrogen (secondary N) is 1. The third-order valence-electron chi connectivity index (χ3n) is 2.47. The fourth-order valence-electron chi connectivity index (χ4n) is 1.60. The van der Waals surface area contributed by atoms with Crippen LogP contribution >= 0.6 is 0 Å². The monoisotopic (exact) mass is 235 g/mol. The van der Waals surface area contributed by atoms with Crippen LogP contribution in [0.4, 0.5) is 5.69 Å². The third-order valence-corrected chi connectivity index (χ3v) is 2.47. The molecule has 0 aliphatic carbocycles. The Morgan fingerprint density at radius 1 is 1.35 bits per heavy atom. The Bertz CT molecular complexity index is 427. The summed E-state index contributed by atoms with van der Waals surface area (Å²) >= 11 is 0. The molecule has 4 nitrogen and oxygen atoms in total. The first-order valence-electron chi connectivity index (χ1n) is 5.68. The van der Waals surface area contributed by atoms with Gasteiger partial charge in [-0.05, 0) is 30.5 Å². The third kappa shape index (κ3) is 3.90. The molecule has 0 aliphatic rings. The summed E-state index contributed by atoms with van der Waals surface area (Å²) < 4.78 is 0. The van der Waals surface area contributed by atoms with Crippen LogP contribution in [0.5, 0.6) is 0 Å². The molecule has 0 aliphatic heterocycles. The number of aromatic carboxylic acids is 1. The molecule has 0 radical (unpaired) electrons. The van der Waals surface area contributed by atoms with E-state index in [-0.39, 0.29) is 11.5 Å².